The lowest BCUT2D eigenvalue weighted by molar-refractivity contribution is 0.199. The van der Waals surface area contributed by atoms with Crippen LogP contribution in [0.1, 0.15) is 18.6 Å². The van der Waals surface area contributed by atoms with Gasteiger partial charge in [-0.25, -0.2) is 8.42 Å². The molecule has 0 radical (unpaired) electrons. The highest BCUT2D eigenvalue weighted by Gasteiger charge is 2.14. The van der Waals surface area contributed by atoms with E-state index in [1.54, 1.807) is 43.3 Å². The Morgan fingerprint density at radius 1 is 1.15 bits per heavy atom. The molecular weight excluding hydrogens is 342 g/mol. The Kier molecular flexibility index (Phi) is 4.47. The van der Waals surface area contributed by atoms with Crippen molar-refractivity contribution in [3.63, 3.8) is 0 Å². The topological polar surface area (TPSA) is 66.4 Å². The van der Waals surface area contributed by atoms with Crippen LogP contribution >= 0.6 is 15.9 Å². The number of hydrogen-bond donors (Lipinski definition) is 2. The lowest BCUT2D eigenvalue weighted by Crippen LogP contribution is -2.13. The average Bonchev–Trinajstić information content (AvgIpc) is 2.38. The SMILES string of the molecule is C[C@@H](O)c1cccc(NS(=O)(=O)c2cccc(Br)c2)c1. The van der Waals surface area contributed by atoms with E-state index in [1.165, 1.54) is 12.1 Å². The zero-order valence-electron chi connectivity index (χ0n) is 10.7. The number of nitrogens with one attached hydrogen (secondary N) is 1. The molecule has 2 rings (SSSR count). The molecule has 0 aliphatic carbocycles. The van der Waals surface area contributed by atoms with Gasteiger partial charge in [0.05, 0.1) is 11.0 Å². The Labute approximate surface area is 126 Å². The van der Waals surface area contributed by atoms with E-state index in [9.17, 15) is 13.5 Å². The van der Waals surface area contributed by atoms with Crippen molar-refractivity contribution in [2.24, 2.45) is 0 Å². The van der Waals surface area contributed by atoms with Crippen molar-refractivity contribution in [2.75, 3.05) is 4.72 Å². The molecule has 0 saturated carbocycles. The van der Waals surface area contributed by atoms with Crippen molar-refractivity contribution < 1.29 is 13.5 Å². The second kappa shape index (κ2) is 5.95. The fourth-order valence-electron chi connectivity index (χ4n) is 1.71. The predicted molar refractivity (Wildman–Crippen MR) is 82.0 cm³/mol. The molecule has 0 fully saturated rings. The Morgan fingerprint density at radius 3 is 2.50 bits per heavy atom. The maximum Gasteiger partial charge on any atom is 0.261 e. The third-order valence-corrected chi connectivity index (χ3v) is 4.60. The first-order valence-corrected chi connectivity index (χ1v) is 8.22. The third-order valence-electron chi connectivity index (χ3n) is 2.73. The van der Waals surface area contributed by atoms with Crippen LogP contribution in [-0.4, -0.2) is 13.5 Å². The first kappa shape index (κ1) is 15.0. The van der Waals surface area contributed by atoms with Crippen LogP contribution in [0.15, 0.2) is 57.9 Å². The molecule has 0 saturated heterocycles. The maximum atomic E-state index is 12.2. The van der Waals surface area contributed by atoms with Crippen molar-refractivity contribution in [3.8, 4) is 0 Å². The van der Waals surface area contributed by atoms with E-state index < -0.39 is 16.1 Å². The van der Waals surface area contributed by atoms with Crippen LogP contribution in [0.2, 0.25) is 0 Å². The highest BCUT2D eigenvalue weighted by molar-refractivity contribution is 9.10. The fourth-order valence-corrected chi connectivity index (χ4v) is 3.36. The number of halogens is 1. The van der Waals surface area contributed by atoms with Crippen molar-refractivity contribution in [2.45, 2.75) is 17.9 Å². The van der Waals surface area contributed by atoms with Gasteiger partial charge in [0, 0.05) is 10.2 Å². The van der Waals surface area contributed by atoms with Gasteiger partial charge in [0.1, 0.15) is 0 Å². The van der Waals surface area contributed by atoms with Crippen molar-refractivity contribution in [3.05, 3.63) is 58.6 Å². The van der Waals surface area contributed by atoms with Gasteiger partial charge in [-0.1, -0.05) is 34.1 Å². The largest absolute Gasteiger partial charge is 0.389 e. The van der Waals surface area contributed by atoms with E-state index >= 15 is 0 Å². The number of aliphatic hydroxyl groups is 1. The van der Waals surface area contributed by atoms with Gasteiger partial charge in [-0.3, -0.25) is 4.72 Å². The lowest BCUT2D eigenvalue weighted by atomic mass is 10.1. The molecule has 0 aliphatic heterocycles. The van der Waals surface area contributed by atoms with Gasteiger partial charge in [-0.15, -0.1) is 0 Å². The molecule has 20 heavy (non-hydrogen) atoms. The molecule has 0 aliphatic rings. The van der Waals surface area contributed by atoms with Gasteiger partial charge in [0.25, 0.3) is 10.0 Å². The highest BCUT2D eigenvalue weighted by Crippen LogP contribution is 2.22. The monoisotopic (exact) mass is 355 g/mol. The van der Waals surface area contributed by atoms with Gasteiger partial charge in [0.15, 0.2) is 0 Å². The standard InChI is InChI=1S/C14H14BrNO3S/c1-10(17)11-4-2-6-13(8-11)16-20(18,19)14-7-3-5-12(15)9-14/h2-10,16-17H,1H3/t10-/m1/s1. The molecule has 0 amide bonds. The van der Waals surface area contributed by atoms with E-state index in [-0.39, 0.29) is 4.90 Å². The minimum atomic E-state index is -3.64. The molecular formula is C14H14BrNO3S. The van der Waals surface area contributed by atoms with E-state index in [0.717, 1.165) is 0 Å². The number of hydrogen-bond acceptors (Lipinski definition) is 3. The summed E-state index contributed by atoms with van der Waals surface area (Å²) in [7, 11) is -3.64. The Hall–Kier alpha value is -1.37. The van der Waals surface area contributed by atoms with Gasteiger partial charge in [-0.05, 0) is 42.8 Å². The second-order valence-corrected chi connectivity index (χ2v) is 6.96. The fraction of sp³-hybridized carbons (Fsp3) is 0.143. The van der Waals surface area contributed by atoms with Gasteiger partial charge in [-0.2, -0.15) is 0 Å². The molecule has 0 unspecified atom stereocenters. The van der Waals surface area contributed by atoms with E-state index in [1.807, 2.05) is 0 Å². The van der Waals surface area contributed by atoms with Crippen LogP contribution in [0.4, 0.5) is 5.69 Å². The van der Waals surface area contributed by atoms with Crippen LogP contribution in [0.3, 0.4) is 0 Å². The summed E-state index contributed by atoms with van der Waals surface area (Å²) in [6.45, 7) is 1.63. The number of aliphatic hydroxyl groups excluding tert-OH is 1. The number of rotatable bonds is 4. The summed E-state index contributed by atoms with van der Waals surface area (Å²) in [6, 6.07) is 13.1. The Bertz CT molecular complexity index is 714. The van der Waals surface area contributed by atoms with Crippen molar-refractivity contribution >= 4 is 31.6 Å². The second-order valence-electron chi connectivity index (χ2n) is 4.36. The molecule has 0 spiro atoms. The summed E-state index contributed by atoms with van der Waals surface area (Å²) >= 11 is 3.25. The molecule has 0 heterocycles. The van der Waals surface area contributed by atoms with E-state index in [4.69, 9.17) is 0 Å². The lowest BCUT2D eigenvalue weighted by Gasteiger charge is -2.11. The molecule has 4 nitrogen and oxygen atoms in total. The number of benzene rings is 2. The van der Waals surface area contributed by atoms with E-state index in [0.29, 0.717) is 15.7 Å². The Balaban J connectivity index is 2.31. The summed E-state index contributed by atoms with van der Waals surface area (Å²) in [5.41, 5.74) is 1.07. The van der Waals surface area contributed by atoms with Crippen molar-refractivity contribution in [1.29, 1.82) is 0 Å². The molecule has 2 aromatic carbocycles. The van der Waals surface area contributed by atoms with Crippen LogP contribution < -0.4 is 4.72 Å². The molecule has 2 aromatic rings. The number of anilines is 1. The van der Waals surface area contributed by atoms with Gasteiger partial charge in [0.2, 0.25) is 0 Å². The van der Waals surface area contributed by atoms with Gasteiger partial charge < -0.3 is 5.11 Å². The molecule has 106 valence electrons. The third kappa shape index (κ3) is 3.59. The summed E-state index contributed by atoms with van der Waals surface area (Å²) in [6.07, 6.45) is -0.648. The van der Waals surface area contributed by atoms with E-state index in [2.05, 4.69) is 20.7 Å². The predicted octanol–water partition coefficient (Wildman–Crippen LogP) is 3.30. The average molecular weight is 356 g/mol. The summed E-state index contributed by atoms with van der Waals surface area (Å²) < 4.78 is 27.7. The molecule has 0 bridgehead atoms. The smallest absolute Gasteiger partial charge is 0.261 e. The molecule has 6 heteroatoms. The minimum absolute atomic E-state index is 0.175. The molecule has 0 aromatic heterocycles. The minimum Gasteiger partial charge on any atom is -0.389 e. The van der Waals surface area contributed by atoms with Crippen LogP contribution in [-0.2, 0) is 10.0 Å². The van der Waals surface area contributed by atoms with Crippen LogP contribution in [0, 0.1) is 0 Å². The van der Waals surface area contributed by atoms with Crippen LogP contribution in [0.25, 0.3) is 0 Å². The van der Waals surface area contributed by atoms with Gasteiger partial charge >= 0.3 is 0 Å². The zero-order chi connectivity index (χ0) is 14.8. The normalized spacial score (nSPS) is 12.9. The first-order chi connectivity index (χ1) is 9.38. The summed E-state index contributed by atoms with van der Waals surface area (Å²) in [5.74, 6) is 0. The Morgan fingerprint density at radius 2 is 1.85 bits per heavy atom. The van der Waals surface area contributed by atoms with Crippen LogP contribution in [0.5, 0.6) is 0 Å². The summed E-state index contributed by atoms with van der Waals surface area (Å²) in [5, 5.41) is 9.52. The van der Waals surface area contributed by atoms with Crippen molar-refractivity contribution in [1.82, 2.24) is 0 Å². The number of sulfonamides is 1. The highest BCUT2D eigenvalue weighted by atomic mass is 79.9. The molecule has 2 N–H and O–H groups in total. The zero-order valence-corrected chi connectivity index (χ0v) is 13.1. The maximum absolute atomic E-state index is 12.2. The summed E-state index contributed by atoms with van der Waals surface area (Å²) in [4.78, 5) is 0.175. The molecule has 1 atom stereocenters. The quantitative estimate of drug-likeness (QED) is 0.883. The first-order valence-electron chi connectivity index (χ1n) is 5.95.